The lowest BCUT2D eigenvalue weighted by Crippen LogP contribution is -2.51. The second kappa shape index (κ2) is 7.87. The number of hydrogen-bond acceptors (Lipinski definition) is 4. The standard InChI is InChI=1S/C19H27N3O3/c1-2-25-17-6-4-3-5-16(17)19(24)22-11-9-21(10-12-22)18(23)14-7-8-15(20)13-14/h3-6,14-15H,2,7-13,20H2,1H3. The fourth-order valence-corrected chi connectivity index (χ4v) is 3.72. The molecule has 2 amide bonds. The topological polar surface area (TPSA) is 75.9 Å². The summed E-state index contributed by atoms with van der Waals surface area (Å²) in [5.41, 5.74) is 6.51. The number of nitrogens with zero attached hydrogens (tertiary/aromatic N) is 2. The van der Waals surface area contributed by atoms with Crippen LogP contribution in [0.25, 0.3) is 0 Å². The minimum atomic E-state index is -0.0287. The molecule has 1 saturated carbocycles. The molecule has 0 spiro atoms. The molecule has 1 aliphatic heterocycles. The average Bonchev–Trinajstić information content (AvgIpc) is 3.08. The maximum absolute atomic E-state index is 12.8. The van der Waals surface area contributed by atoms with Crippen LogP contribution < -0.4 is 10.5 Å². The van der Waals surface area contributed by atoms with Crippen LogP contribution in [0.2, 0.25) is 0 Å². The van der Waals surface area contributed by atoms with Gasteiger partial charge in [-0.3, -0.25) is 9.59 Å². The lowest BCUT2D eigenvalue weighted by Gasteiger charge is -2.36. The van der Waals surface area contributed by atoms with Crippen LogP contribution in [-0.4, -0.2) is 60.4 Å². The van der Waals surface area contributed by atoms with Crippen molar-refractivity contribution < 1.29 is 14.3 Å². The van der Waals surface area contributed by atoms with Gasteiger partial charge < -0.3 is 20.3 Å². The van der Waals surface area contributed by atoms with Crippen molar-refractivity contribution in [2.45, 2.75) is 32.2 Å². The average molecular weight is 345 g/mol. The number of benzene rings is 1. The zero-order chi connectivity index (χ0) is 17.8. The molecule has 1 aliphatic carbocycles. The van der Waals surface area contributed by atoms with E-state index in [1.165, 1.54) is 0 Å². The van der Waals surface area contributed by atoms with Gasteiger partial charge in [-0.2, -0.15) is 0 Å². The molecule has 25 heavy (non-hydrogen) atoms. The minimum absolute atomic E-state index is 0.0287. The zero-order valence-electron chi connectivity index (χ0n) is 14.8. The lowest BCUT2D eigenvalue weighted by molar-refractivity contribution is -0.136. The molecule has 3 rings (SSSR count). The fourth-order valence-electron chi connectivity index (χ4n) is 3.72. The Morgan fingerprint density at radius 1 is 1.12 bits per heavy atom. The predicted octanol–water partition coefficient (Wildman–Crippen LogP) is 1.50. The summed E-state index contributed by atoms with van der Waals surface area (Å²) in [5, 5.41) is 0. The third kappa shape index (κ3) is 3.95. The Balaban J connectivity index is 1.59. The van der Waals surface area contributed by atoms with E-state index in [9.17, 15) is 9.59 Å². The van der Waals surface area contributed by atoms with Crippen molar-refractivity contribution in [1.82, 2.24) is 9.80 Å². The smallest absolute Gasteiger partial charge is 0.257 e. The van der Waals surface area contributed by atoms with Crippen LogP contribution in [0.3, 0.4) is 0 Å². The number of piperazine rings is 1. The zero-order valence-corrected chi connectivity index (χ0v) is 14.8. The van der Waals surface area contributed by atoms with Crippen molar-refractivity contribution in [2.75, 3.05) is 32.8 Å². The van der Waals surface area contributed by atoms with Gasteiger partial charge in [-0.05, 0) is 38.3 Å². The van der Waals surface area contributed by atoms with Crippen LogP contribution in [0, 0.1) is 5.92 Å². The number of amides is 2. The largest absolute Gasteiger partial charge is 0.493 e. The van der Waals surface area contributed by atoms with Gasteiger partial charge in [0.1, 0.15) is 5.75 Å². The predicted molar refractivity (Wildman–Crippen MR) is 95.4 cm³/mol. The van der Waals surface area contributed by atoms with Crippen molar-refractivity contribution in [3.05, 3.63) is 29.8 Å². The van der Waals surface area contributed by atoms with Gasteiger partial charge in [0.05, 0.1) is 12.2 Å². The molecule has 6 nitrogen and oxygen atoms in total. The fraction of sp³-hybridized carbons (Fsp3) is 0.579. The van der Waals surface area contributed by atoms with Crippen LogP contribution in [0.4, 0.5) is 0 Å². The van der Waals surface area contributed by atoms with Gasteiger partial charge >= 0.3 is 0 Å². The highest BCUT2D eigenvalue weighted by atomic mass is 16.5. The number of ether oxygens (including phenoxy) is 1. The first-order valence-corrected chi connectivity index (χ1v) is 9.15. The van der Waals surface area contributed by atoms with E-state index in [1.54, 1.807) is 6.07 Å². The van der Waals surface area contributed by atoms with Gasteiger partial charge in [-0.15, -0.1) is 0 Å². The van der Waals surface area contributed by atoms with Gasteiger partial charge in [0, 0.05) is 38.1 Å². The van der Waals surface area contributed by atoms with Gasteiger partial charge in [0.2, 0.25) is 5.91 Å². The molecule has 1 aromatic rings. The van der Waals surface area contributed by atoms with Gasteiger partial charge in [0.15, 0.2) is 0 Å². The van der Waals surface area contributed by atoms with Crippen molar-refractivity contribution in [2.24, 2.45) is 11.7 Å². The Morgan fingerprint density at radius 2 is 1.80 bits per heavy atom. The van der Waals surface area contributed by atoms with Gasteiger partial charge in [0.25, 0.3) is 5.91 Å². The molecule has 0 radical (unpaired) electrons. The van der Waals surface area contributed by atoms with Crippen molar-refractivity contribution in [3.63, 3.8) is 0 Å². The van der Waals surface area contributed by atoms with E-state index in [-0.39, 0.29) is 23.8 Å². The molecule has 1 saturated heterocycles. The molecule has 1 heterocycles. The maximum Gasteiger partial charge on any atom is 0.257 e. The Hall–Kier alpha value is -2.08. The van der Waals surface area contributed by atoms with Crippen LogP contribution >= 0.6 is 0 Å². The molecule has 2 atom stereocenters. The normalized spacial score (nSPS) is 23.6. The minimum Gasteiger partial charge on any atom is -0.493 e. The number of rotatable bonds is 4. The van der Waals surface area contributed by atoms with Crippen LogP contribution in [0.5, 0.6) is 5.75 Å². The second-order valence-electron chi connectivity index (χ2n) is 6.82. The molecule has 0 bridgehead atoms. The number of nitrogens with two attached hydrogens (primary N) is 1. The molecular formula is C19H27N3O3. The highest BCUT2D eigenvalue weighted by Gasteiger charge is 2.33. The summed E-state index contributed by atoms with van der Waals surface area (Å²) in [7, 11) is 0. The van der Waals surface area contributed by atoms with E-state index in [4.69, 9.17) is 10.5 Å². The molecule has 1 aromatic carbocycles. The van der Waals surface area contributed by atoms with Crippen molar-refractivity contribution >= 4 is 11.8 Å². The summed E-state index contributed by atoms with van der Waals surface area (Å²) in [6, 6.07) is 7.49. The first-order valence-electron chi connectivity index (χ1n) is 9.15. The summed E-state index contributed by atoms with van der Waals surface area (Å²) in [4.78, 5) is 29.1. The second-order valence-corrected chi connectivity index (χ2v) is 6.82. The SMILES string of the molecule is CCOc1ccccc1C(=O)N1CCN(C(=O)C2CCC(N)C2)CC1. The van der Waals surface area contributed by atoms with Crippen LogP contribution in [-0.2, 0) is 4.79 Å². The summed E-state index contributed by atoms with van der Waals surface area (Å²) >= 11 is 0. The Bertz CT molecular complexity index is 626. The highest BCUT2D eigenvalue weighted by Crippen LogP contribution is 2.27. The summed E-state index contributed by atoms with van der Waals surface area (Å²) in [5.74, 6) is 0.859. The number of para-hydroxylation sites is 1. The molecular weight excluding hydrogens is 318 g/mol. The number of carbonyl (C=O) groups is 2. The van der Waals surface area contributed by atoms with E-state index in [1.807, 2.05) is 34.9 Å². The summed E-state index contributed by atoms with van der Waals surface area (Å²) in [6.45, 7) is 4.73. The molecule has 136 valence electrons. The summed E-state index contributed by atoms with van der Waals surface area (Å²) < 4.78 is 5.56. The first kappa shape index (κ1) is 17.7. The Kier molecular flexibility index (Phi) is 5.58. The number of hydrogen-bond donors (Lipinski definition) is 1. The van der Waals surface area contributed by atoms with E-state index in [2.05, 4.69) is 0 Å². The molecule has 0 aromatic heterocycles. The van der Waals surface area contributed by atoms with Crippen LogP contribution in [0.15, 0.2) is 24.3 Å². The van der Waals surface area contributed by atoms with E-state index >= 15 is 0 Å². The number of carbonyl (C=O) groups excluding carboxylic acids is 2. The lowest BCUT2D eigenvalue weighted by atomic mass is 10.1. The first-order chi connectivity index (χ1) is 12.1. The quantitative estimate of drug-likeness (QED) is 0.897. The molecule has 6 heteroatoms. The molecule has 2 aliphatic rings. The Labute approximate surface area is 148 Å². The molecule has 2 unspecified atom stereocenters. The Morgan fingerprint density at radius 3 is 2.44 bits per heavy atom. The van der Waals surface area contributed by atoms with Gasteiger partial charge in [-0.25, -0.2) is 0 Å². The monoisotopic (exact) mass is 345 g/mol. The summed E-state index contributed by atoms with van der Waals surface area (Å²) in [6.07, 6.45) is 2.61. The van der Waals surface area contributed by atoms with E-state index in [0.29, 0.717) is 44.1 Å². The third-order valence-electron chi connectivity index (χ3n) is 5.12. The van der Waals surface area contributed by atoms with Crippen molar-refractivity contribution in [1.29, 1.82) is 0 Å². The van der Waals surface area contributed by atoms with E-state index < -0.39 is 0 Å². The highest BCUT2D eigenvalue weighted by molar-refractivity contribution is 5.97. The maximum atomic E-state index is 12.8. The molecule has 2 fully saturated rings. The van der Waals surface area contributed by atoms with Gasteiger partial charge in [-0.1, -0.05) is 12.1 Å². The van der Waals surface area contributed by atoms with Crippen LogP contribution in [0.1, 0.15) is 36.5 Å². The van der Waals surface area contributed by atoms with Crippen molar-refractivity contribution in [3.8, 4) is 5.75 Å². The third-order valence-corrected chi connectivity index (χ3v) is 5.12. The van der Waals surface area contributed by atoms with E-state index in [0.717, 1.165) is 19.3 Å². The molecule has 2 N–H and O–H groups in total.